The van der Waals surface area contributed by atoms with E-state index in [1.807, 2.05) is 18.2 Å². The molecule has 0 radical (unpaired) electrons. The van der Waals surface area contributed by atoms with Crippen molar-refractivity contribution in [2.45, 2.75) is 74.1 Å². The van der Waals surface area contributed by atoms with Crippen molar-refractivity contribution >= 4 is 20.7 Å². The van der Waals surface area contributed by atoms with Crippen LogP contribution in [0.25, 0.3) is 10.9 Å². The molecule has 3 aliphatic heterocycles. The van der Waals surface area contributed by atoms with Crippen molar-refractivity contribution in [2.24, 2.45) is 0 Å². The number of aromatic nitrogens is 1. The number of sulfone groups is 1. The maximum atomic E-state index is 14.8. The molecular formula is C42H52F2N2O8S. The summed E-state index contributed by atoms with van der Waals surface area (Å²) in [7, 11) is -0.0969. The highest BCUT2D eigenvalue weighted by atomic mass is 32.2. The van der Waals surface area contributed by atoms with Crippen LogP contribution in [0.2, 0.25) is 0 Å². The van der Waals surface area contributed by atoms with E-state index in [1.165, 1.54) is 36.2 Å². The summed E-state index contributed by atoms with van der Waals surface area (Å²) in [6.07, 6.45) is 6.03. The topological polar surface area (TPSA) is 97.7 Å². The molecule has 0 spiro atoms. The Hall–Kier alpha value is -3.59. The van der Waals surface area contributed by atoms with Crippen LogP contribution in [0.1, 0.15) is 60.9 Å². The van der Waals surface area contributed by atoms with Gasteiger partial charge in [0.25, 0.3) is 0 Å². The molecule has 0 atom stereocenters. The van der Waals surface area contributed by atoms with Gasteiger partial charge in [0.1, 0.15) is 23.1 Å². The molecule has 2 saturated heterocycles. The number of nitrogens with zero attached hydrogens (tertiary/aromatic N) is 2. The number of fused-ring (bicyclic) bond motifs is 3. The van der Waals surface area contributed by atoms with Crippen molar-refractivity contribution in [2.75, 3.05) is 73.2 Å². The van der Waals surface area contributed by atoms with Crippen LogP contribution in [0.3, 0.4) is 0 Å². The fraction of sp³-hybridized carbons (Fsp3) is 0.524. The molecular weight excluding hydrogens is 731 g/mol. The van der Waals surface area contributed by atoms with E-state index in [4.69, 9.17) is 28.4 Å². The first-order chi connectivity index (χ1) is 26.5. The molecule has 4 heterocycles. The number of ether oxygens (including phenoxy) is 6. The van der Waals surface area contributed by atoms with Gasteiger partial charge in [-0.3, -0.25) is 4.90 Å². The lowest BCUT2D eigenvalue weighted by atomic mass is 9.86. The van der Waals surface area contributed by atoms with Gasteiger partial charge >= 0.3 is 0 Å². The maximum Gasteiger partial charge on any atom is 0.175 e. The second-order valence-electron chi connectivity index (χ2n) is 14.9. The van der Waals surface area contributed by atoms with E-state index < -0.39 is 21.0 Å². The monoisotopic (exact) mass is 782 g/mol. The van der Waals surface area contributed by atoms with E-state index in [9.17, 15) is 17.2 Å². The van der Waals surface area contributed by atoms with Gasteiger partial charge in [0.15, 0.2) is 9.84 Å². The summed E-state index contributed by atoms with van der Waals surface area (Å²) in [5.74, 6) is 0.220. The molecule has 0 unspecified atom stereocenters. The zero-order valence-corrected chi connectivity index (χ0v) is 32.9. The van der Waals surface area contributed by atoms with Gasteiger partial charge < -0.3 is 33.0 Å². The van der Waals surface area contributed by atoms with Gasteiger partial charge in [0.2, 0.25) is 0 Å². The number of rotatable bonds is 15. The van der Waals surface area contributed by atoms with Crippen molar-refractivity contribution in [1.82, 2.24) is 9.47 Å². The molecule has 2 fully saturated rings. The number of hydrogen-bond acceptors (Lipinski definition) is 9. The summed E-state index contributed by atoms with van der Waals surface area (Å²) in [5, 5.41) is 0.934. The predicted octanol–water partition coefficient (Wildman–Crippen LogP) is 6.92. The SMILES string of the molecule is COC1(c2cc(F)cc(OCCCN3CCc4c(c5cc(S(C)(=O)=O)ccc5n4CCCOc4cc(F)cc(C5(OC)CCOCC5)c4)C3)c2)CCOCC1. The lowest BCUT2D eigenvalue weighted by Crippen LogP contribution is -2.35. The Labute approximate surface area is 322 Å². The molecule has 1 aromatic heterocycles. The zero-order chi connectivity index (χ0) is 38.6. The van der Waals surface area contributed by atoms with Crippen LogP contribution in [-0.2, 0) is 59.5 Å². The van der Waals surface area contributed by atoms with E-state index in [-0.39, 0.29) is 11.6 Å². The molecule has 3 aromatic carbocycles. The van der Waals surface area contributed by atoms with Gasteiger partial charge in [-0.25, -0.2) is 17.2 Å². The molecule has 0 aliphatic carbocycles. The minimum atomic E-state index is -3.41. The van der Waals surface area contributed by atoms with Crippen LogP contribution in [-0.4, -0.2) is 91.1 Å². The molecule has 10 nitrogen and oxygen atoms in total. The standard InChI is InChI=1S/C42H52F2N2O8S/c1-49-41(9-18-51-19-10-41)30-22-32(43)26-34(24-30)53-16-4-13-45-15-8-40-38(29-45)37-28-36(55(3,47)48)6-7-39(37)46(40)14-5-17-54-35-25-31(23-33(44)27-35)42(50-2)11-20-52-21-12-42/h6-7,22-28H,4-5,8-21,29H2,1-3H3. The quantitative estimate of drug-likeness (QED) is 0.119. The molecule has 0 amide bonds. The number of benzene rings is 3. The number of hydrogen-bond donors (Lipinski definition) is 0. The van der Waals surface area contributed by atoms with Gasteiger partial charge in [-0.15, -0.1) is 0 Å². The van der Waals surface area contributed by atoms with Crippen LogP contribution >= 0.6 is 0 Å². The molecule has 4 aromatic rings. The van der Waals surface area contributed by atoms with E-state index >= 15 is 0 Å². The minimum Gasteiger partial charge on any atom is -0.493 e. The number of halogens is 2. The van der Waals surface area contributed by atoms with Crippen molar-refractivity contribution in [3.05, 3.63) is 88.6 Å². The van der Waals surface area contributed by atoms with Crippen LogP contribution in [0, 0.1) is 11.6 Å². The molecule has 7 rings (SSSR count). The van der Waals surface area contributed by atoms with Gasteiger partial charge in [0, 0.05) is 134 Å². The Morgan fingerprint density at radius 1 is 0.745 bits per heavy atom. The Balaban J connectivity index is 1.01. The molecule has 3 aliphatic rings. The second kappa shape index (κ2) is 16.9. The lowest BCUT2D eigenvalue weighted by Gasteiger charge is -2.36. The highest BCUT2D eigenvalue weighted by molar-refractivity contribution is 7.90. The Morgan fingerprint density at radius 3 is 1.82 bits per heavy atom. The maximum absolute atomic E-state index is 14.8. The van der Waals surface area contributed by atoms with Gasteiger partial charge in [0.05, 0.1) is 29.3 Å². The third-order valence-electron chi connectivity index (χ3n) is 11.6. The molecule has 0 bridgehead atoms. The zero-order valence-electron chi connectivity index (χ0n) is 32.0. The van der Waals surface area contributed by atoms with Crippen molar-refractivity contribution in [3.63, 3.8) is 0 Å². The molecule has 13 heteroatoms. The summed E-state index contributed by atoms with van der Waals surface area (Å²) < 4.78 is 91.9. The first-order valence-corrected chi connectivity index (χ1v) is 21.1. The largest absolute Gasteiger partial charge is 0.493 e. The fourth-order valence-electron chi connectivity index (χ4n) is 8.49. The van der Waals surface area contributed by atoms with E-state index in [0.717, 1.165) is 53.5 Å². The summed E-state index contributed by atoms with van der Waals surface area (Å²) >= 11 is 0. The van der Waals surface area contributed by atoms with Crippen molar-refractivity contribution in [3.8, 4) is 11.5 Å². The smallest absolute Gasteiger partial charge is 0.175 e. The van der Waals surface area contributed by atoms with E-state index in [0.29, 0.717) is 101 Å². The molecule has 0 N–H and O–H groups in total. The van der Waals surface area contributed by atoms with Crippen LogP contribution < -0.4 is 9.47 Å². The van der Waals surface area contributed by atoms with Crippen LogP contribution in [0.5, 0.6) is 11.5 Å². The first-order valence-electron chi connectivity index (χ1n) is 19.2. The second-order valence-corrected chi connectivity index (χ2v) is 16.9. The Kier molecular flexibility index (Phi) is 12.2. The summed E-state index contributed by atoms with van der Waals surface area (Å²) in [6.45, 7) is 5.95. The van der Waals surface area contributed by atoms with Crippen LogP contribution in [0.15, 0.2) is 59.5 Å². The average molecular weight is 783 g/mol. The number of aryl methyl sites for hydroxylation is 1. The van der Waals surface area contributed by atoms with Crippen LogP contribution in [0.4, 0.5) is 8.78 Å². The van der Waals surface area contributed by atoms with Crippen molar-refractivity contribution in [1.29, 1.82) is 0 Å². The van der Waals surface area contributed by atoms with E-state index in [1.54, 1.807) is 26.4 Å². The predicted molar refractivity (Wildman–Crippen MR) is 205 cm³/mol. The third kappa shape index (κ3) is 8.72. The molecule has 298 valence electrons. The third-order valence-corrected chi connectivity index (χ3v) is 12.7. The van der Waals surface area contributed by atoms with Crippen molar-refractivity contribution < 1.29 is 45.6 Å². The highest BCUT2D eigenvalue weighted by Crippen LogP contribution is 2.39. The lowest BCUT2D eigenvalue weighted by molar-refractivity contribution is -0.0952. The highest BCUT2D eigenvalue weighted by Gasteiger charge is 2.36. The first kappa shape index (κ1) is 39.6. The Bertz CT molecular complexity index is 2080. The number of methoxy groups -OCH3 is 2. The summed E-state index contributed by atoms with van der Waals surface area (Å²) in [6, 6.07) is 15.0. The minimum absolute atomic E-state index is 0.291. The van der Waals surface area contributed by atoms with Gasteiger partial charge in [-0.05, 0) is 72.0 Å². The Morgan fingerprint density at radius 2 is 1.29 bits per heavy atom. The fourth-order valence-corrected chi connectivity index (χ4v) is 9.14. The average Bonchev–Trinajstić information content (AvgIpc) is 3.50. The summed E-state index contributed by atoms with van der Waals surface area (Å²) in [4.78, 5) is 2.65. The van der Waals surface area contributed by atoms with Gasteiger partial charge in [-0.1, -0.05) is 0 Å². The molecule has 55 heavy (non-hydrogen) atoms. The normalized spacial score (nSPS) is 18.6. The van der Waals surface area contributed by atoms with Gasteiger partial charge in [-0.2, -0.15) is 0 Å². The molecule has 0 saturated carbocycles. The van der Waals surface area contributed by atoms with E-state index in [2.05, 4.69) is 9.47 Å². The summed E-state index contributed by atoms with van der Waals surface area (Å²) in [5.41, 5.74) is 3.63.